The van der Waals surface area contributed by atoms with Crippen LogP contribution in [0.4, 0.5) is 4.79 Å². The molecule has 0 aliphatic carbocycles. The summed E-state index contributed by atoms with van der Waals surface area (Å²) >= 11 is 0. The van der Waals surface area contributed by atoms with Crippen LogP contribution in [0.3, 0.4) is 0 Å². The number of ether oxygens (including phenoxy) is 2. The van der Waals surface area contributed by atoms with E-state index < -0.39 is 0 Å². The number of piperazine rings is 1. The summed E-state index contributed by atoms with van der Waals surface area (Å²) in [5.41, 5.74) is 1.15. The fraction of sp³-hybridized carbons (Fsp3) is 0.500. The quantitative estimate of drug-likeness (QED) is 0.849. The minimum atomic E-state index is -0.314. The summed E-state index contributed by atoms with van der Waals surface area (Å²) in [6.45, 7) is 6.16. The zero-order valence-electron chi connectivity index (χ0n) is 13.1. The number of hydrogen-bond acceptors (Lipinski definition) is 4. The average Bonchev–Trinajstić information content (AvgIpc) is 2.54. The second-order valence-corrected chi connectivity index (χ2v) is 5.17. The Bertz CT molecular complexity index is 507. The minimum absolute atomic E-state index is 0.0163. The van der Waals surface area contributed by atoms with E-state index in [0.29, 0.717) is 38.5 Å². The van der Waals surface area contributed by atoms with Gasteiger partial charge in [-0.1, -0.05) is 17.7 Å². The lowest BCUT2D eigenvalue weighted by atomic mass is 10.2. The minimum Gasteiger partial charge on any atom is -0.484 e. The zero-order valence-corrected chi connectivity index (χ0v) is 13.1. The molecule has 1 heterocycles. The first-order chi connectivity index (χ1) is 10.6. The van der Waals surface area contributed by atoms with E-state index in [0.717, 1.165) is 5.56 Å². The van der Waals surface area contributed by atoms with Crippen LogP contribution in [-0.4, -0.2) is 61.2 Å². The molecule has 1 aliphatic heterocycles. The van der Waals surface area contributed by atoms with Crippen molar-refractivity contribution in [1.29, 1.82) is 0 Å². The highest BCUT2D eigenvalue weighted by atomic mass is 16.6. The summed E-state index contributed by atoms with van der Waals surface area (Å²) in [7, 11) is 0. The van der Waals surface area contributed by atoms with Crippen LogP contribution in [0.15, 0.2) is 24.3 Å². The van der Waals surface area contributed by atoms with Crippen LogP contribution in [0.25, 0.3) is 0 Å². The molecule has 6 nitrogen and oxygen atoms in total. The maximum atomic E-state index is 12.1. The lowest BCUT2D eigenvalue weighted by Gasteiger charge is -2.33. The Kier molecular flexibility index (Phi) is 5.63. The van der Waals surface area contributed by atoms with Crippen LogP contribution in [-0.2, 0) is 9.53 Å². The molecular formula is C16H22N2O4. The molecule has 1 aliphatic rings. The molecule has 1 saturated heterocycles. The van der Waals surface area contributed by atoms with Crippen molar-refractivity contribution in [3.63, 3.8) is 0 Å². The fourth-order valence-corrected chi connectivity index (χ4v) is 2.22. The van der Waals surface area contributed by atoms with E-state index >= 15 is 0 Å². The SMILES string of the molecule is CCOC(=O)N1CCN(C(=O)COc2ccc(C)cc2)CC1. The lowest BCUT2D eigenvalue weighted by molar-refractivity contribution is -0.134. The number of benzene rings is 1. The fourth-order valence-electron chi connectivity index (χ4n) is 2.22. The molecule has 0 N–H and O–H groups in total. The van der Waals surface area contributed by atoms with E-state index in [1.165, 1.54) is 0 Å². The van der Waals surface area contributed by atoms with Gasteiger partial charge in [-0.15, -0.1) is 0 Å². The van der Waals surface area contributed by atoms with Gasteiger partial charge in [0.2, 0.25) is 0 Å². The van der Waals surface area contributed by atoms with E-state index in [2.05, 4.69) is 0 Å². The Hall–Kier alpha value is -2.24. The summed E-state index contributed by atoms with van der Waals surface area (Å²) in [5, 5.41) is 0. The first kappa shape index (κ1) is 16.1. The molecule has 22 heavy (non-hydrogen) atoms. The standard InChI is InChI=1S/C16H22N2O4/c1-3-21-16(20)18-10-8-17(9-11-18)15(19)12-22-14-6-4-13(2)5-7-14/h4-7H,3,8-12H2,1-2H3. The number of carbonyl (C=O) groups is 2. The van der Waals surface area contributed by atoms with Crippen LogP contribution >= 0.6 is 0 Å². The molecule has 1 aromatic rings. The summed E-state index contributed by atoms with van der Waals surface area (Å²) < 4.78 is 10.4. The van der Waals surface area contributed by atoms with Gasteiger partial charge in [0.15, 0.2) is 6.61 Å². The lowest BCUT2D eigenvalue weighted by Crippen LogP contribution is -2.51. The van der Waals surface area contributed by atoms with E-state index in [9.17, 15) is 9.59 Å². The predicted molar refractivity (Wildman–Crippen MR) is 81.8 cm³/mol. The van der Waals surface area contributed by atoms with Gasteiger partial charge in [0.25, 0.3) is 5.91 Å². The van der Waals surface area contributed by atoms with Gasteiger partial charge in [-0.05, 0) is 26.0 Å². The normalized spacial score (nSPS) is 14.6. The Labute approximate surface area is 130 Å². The molecule has 0 unspecified atom stereocenters. The third-order valence-corrected chi connectivity index (χ3v) is 3.54. The molecule has 1 fully saturated rings. The zero-order chi connectivity index (χ0) is 15.9. The molecule has 0 bridgehead atoms. The number of aryl methyl sites for hydroxylation is 1. The largest absolute Gasteiger partial charge is 0.484 e. The van der Waals surface area contributed by atoms with Gasteiger partial charge < -0.3 is 19.3 Å². The smallest absolute Gasteiger partial charge is 0.409 e. The number of hydrogen-bond donors (Lipinski definition) is 0. The molecule has 0 aromatic heterocycles. The average molecular weight is 306 g/mol. The first-order valence-electron chi connectivity index (χ1n) is 7.49. The van der Waals surface area contributed by atoms with Crippen LogP contribution in [0, 0.1) is 6.92 Å². The van der Waals surface area contributed by atoms with Crippen molar-refractivity contribution >= 4 is 12.0 Å². The molecule has 6 heteroatoms. The molecule has 1 aromatic carbocycles. The molecular weight excluding hydrogens is 284 g/mol. The van der Waals surface area contributed by atoms with Gasteiger partial charge in [0, 0.05) is 26.2 Å². The summed E-state index contributed by atoms with van der Waals surface area (Å²) in [6, 6.07) is 7.58. The van der Waals surface area contributed by atoms with Crippen molar-refractivity contribution in [2.24, 2.45) is 0 Å². The summed E-state index contributed by atoms with van der Waals surface area (Å²) in [6.07, 6.45) is -0.314. The van der Waals surface area contributed by atoms with E-state index in [4.69, 9.17) is 9.47 Å². The highest BCUT2D eigenvalue weighted by Crippen LogP contribution is 2.12. The maximum absolute atomic E-state index is 12.1. The van der Waals surface area contributed by atoms with Gasteiger partial charge in [-0.3, -0.25) is 4.79 Å². The molecule has 0 saturated carbocycles. The molecule has 2 rings (SSSR count). The second-order valence-electron chi connectivity index (χ2n) is 5.17. The van der Waals surface area contributed by atoms with Crippen LogP contribution in [0.1, 0.15) is 12.5 Å². The number of nitrogens with zero attached hydrogens (tertiary/aromatic N) is 2. The van der Waals surface area contributed by atoms with Gasteiger partial charge in [-0.2, -0.15) is 0 Å². The highest BCUT2D eigenvalue weighted by Gasteiger charge is 2.24. The predicted octanol–water partition coefficient (Wildman–Crippen LogP) is 1.67. The Morgan fingerprint density at radius 3 is 2.23 bits per heavy atom. The molecule has 2 amide bonds. The summed E-state index contributed by atoms with van der Waals surface area (Å²) in [5.74, 6) is 0.619. The molecule has 0 radical (unpaired) electrons. The molecule has 120 valence electrons. The van der Waals surface area contributed by atoms with E-state index in [1.807, 2.05) is 31.2 Å². The van der Waals surface area contributed by atoms with Gasteiger partial charge >= 0.3 is 6.09 Å². The van der Waals surface area contributed by atoms with Crippen molar-refractivity contribution in [2.75, 3.05) is 39.4 Å². The number of rotatable bonds is 4. The highest BCUT2D eigenvalue weighted by molar-refractivity contribution is 5.78. The van der Waals surface area contributed by atoms with Crippen molar-refractivity contribution in [3.05, 3.63) is 29.8 Å². The second kappa shape index (κ2) is 7.68. The van der Waals surface area contributed by atoms with Crippen molar-refractivity contribution in [3.8, 4) is 5.75 Å². The van der Waals surface area contributed by atoms with Crippen molar-refractivity contribution in [1.82, 2.24) is 9.80 Å². The van der Waals surface area contributed by atoms with Gasteiger partial charge in [-0.25, -0.2) is 4.79 Å². The summed E-state index contributed by atoms with van der Waals surface area (Å²) in [4.78, 5) is 27.0. The van der Waals surface area contributed by atoms with Crippen LogP contribution in [0.2, 0.25) is 0 Å². The Morgan fingerprint density at radius 1 is 1.05 bits per heavy atom. The third kappa shape index (κ3) is 4.38. The van der Waals surface area contributed by atoms with Crippen molar-refractivity contribution in [2.45, 2.75) is 13.8 Å². The Balaban J connectivity index is 1.75. The van der Waals surface area contributed by atoms with Crippen LogP contribution < -0.4 is 4.74 Å². The maximum Gasteiger partial charge on any atom is 0.409 e. The molecule has 0 spiro atoms. The Morgan fingerprint density at radius 2 is 1.64 bits per heavy atom. The van der Waals surface area contributed by atoms with Gasteiger partial charge in [0.1, 0.15) is 5.75 Å². The number of carbonyl (C=O) groups excluding carboxylic acids is 2. The van der Waals surface area contributed by atoms with E-state index in [1.54, 1.807) is 16.7 Å². The molecule has 0 atom stereocenters. The van der Waals surface area contributed by atoms with Gasteiger partial charge in [0.05, 0.1) is 6.61 Å². The monoisotopic (exact) mass is 306 g/mol. The van der Waals surface area contributed by atoms with Crippen molar-refractivity contribution < 1.29 is 19.1 Å². The van der Waals surface area contributed by atoms with E-state index in [-0.39, 0.29) is 18.6 Å². The number of amides is 2. The van der Waals surface area contributed by atoms with Crippen LogP contribution in [0.5, 0.6) is 5.75 Å². The third-order valence-electron chi connectivity index (χ3n) is 3.54. The first-order valence-corrected chi connectivity index (χ1v) is 7.49. The topological polar surface area (TPSA) is 59.1 Å².